The number of aromatic amines is 2. The van der Waals surface area contributed by atoms with E-state index in [0.717, 1.165) is 11.4 Å². The maximum Gasteiger partial charge on any atom is 0.213 e. The molecule has 0 atom stereocenters. The number of phenols is 1. The first-order valence-electron chi connectivity index (χ1n) is 4.15. The quantitative estimate of drug-likeness (QED) is 0.657. The summed E-state index contributed by atoms with van der Waals surface area (Å²) in [7, 11) is 0. The predicted octanol–water partition coefficient (Wildman–Crippen LogP) is 1.76. The highest BCUT2D eigenvalue weighted by atomic mass is 32.1. The van der Waals surface area contributed by atoms with Gasteiger partial charge in [0.15, 0.2) is 0 Å². The van der Waals surface area contributed by atoms with Gasteiger partial charge >= 0.3 is 0 Å². The minimum Gasteiger partial charge on any atom is -0.508 e. The average molecular weight is 207 g/mol. The number of aromatic hydroxyl groups is 1. The van der Waals surface area contributed by atoms with Crippen molar-refractivity contribution >= 4 is 12.2 Å². The van der Waals surface area contributed by atoms with E-state index in [-0.39, 0.29) is 5.75 Å². The van der Waals surface area contributed by atoms with E-state index in [9.17, 15) is 5.11 Å². The molecule has 0 fully saturated rings. The van der Waals surface area contributed by atoms with Crippen LogP contribution in [-0.2, 0) is 6.42 Å². The fourth-order valence-electron chi connectivity index (χ4n) is 1.25. The molecule has 5 heteroatoms. The number of aromatic nitrogens is 3. The zero-order valence-electron chi connectivity index (χ0n) is 7.32. The Labute approximate surface area is 85.6 Å². The van der Waals surface area contributed by atoms with Gasteiger partial charge in [0, 0.05) is 6.42 Å². The maximum absolute atomic E-state index is 9.24. The number of phenolic OH excluding ortho intramolecular Hbond substituents is 1. The Morgan fingerprint density at radius 1 is 1.36 bits per heavy atom. The van der Waals surface area contributed by atoms with Crippen molar-refractivity contribution in [2.24, 2.45) is 0 Å². The average Bonchev–Trinajstić information content (AvgIpc) is 2.51. The van der Waals surface area contributed by atoms with Crippen LogP contribution in [0.5, 0.6) is 5.75 Å². The van der Waals surface area contributed by atoms with Crippen LogP contribution in [0.15, 0.2) is 24.3 Å². The summed E-state index contributed by atoms with van der Waals surface area (Å²) in [5.41, 5.74) is 0.989. The van der Waals surface area contributed by atoms with Crippen LogP contribution in [0.1, 0.15) is 11.4 Å². The highest BCUT2D eigenvalue weighted by molar-refractivity contribution is 7.71. The zero-order chi connectivity index (χ0) is 9.97. The normalized spacial score (nSPS) is 10.3. The van der Waals surface area contributed by atoms with Gasteiger partial charge < -0.3 is 5.11 Å². The van der Waals surface area contributed by atoms with Gasteiger partial charge in [0.05, 0.1) is 0 Å². The molecule has 0 aliphatic rings. The van der Waals surface area contributed by atoms with E-state index in [4.69, 9.17) is 12.2 Å². The molecule has 72 valence electrons. The molecule has 0 bridgehead atoms. The summed E-state index contributed by atoms with van der Waals surface area (Å²) >= 11 is 4.83. The van der Waals surface area contributed by atoms with E-state index in [2.05, 4.69) is 15.2 Å². The third-order valence-corrected chi connectivity index (χ3v) is 2.03. The highest BCUT2D eigenvalue weighted by Gasteiger charge is 1.99. The lowest BCUT2D eigenvalue weighted by atomic mass is 10.1. The maximum atomic E-state index is 9.24. The molecular formula is C9H9N3OS. The van der Waals surface area contributed by atoms with Crippen LogP contribution >= 0.6 is 12.2 Å². The third-order valence-electron chi connectivity index (χ3n) is 1.83. The molecule has 0 saturated carbocycles. The Morgan fingerprint density at radius 3 is 2.86 bits per heavy atom. The number of H-pyrrole nitrogens is 2. The van der Waals surface area contributed by atoms with Crippen molar-refractivity contribution < 1.29 is 5.11 Å². The van der Waals surface area contributed by atoms with Gasteiger partial charge in [-0.3, -0.25) is 10.2 Å². The molecule has 3 N–H and O–H groups in total. The number of nitrogens with zero attached hydrogens (tertiary/aromatic N) is 1. The smallest absolute Gasteiger partial charge is 0.213 e. The zero-order valence-corrected chi connectivity index (χ0v) is 8.14. The molecule has 14 heavy (non-hydrogen) atoms. The SMILES string of the molecule is Oc1cccc(Cc2nc(=S)[nH][nH]2)c1. The Balaban J connectivity index is 2.22. The number of benzene rings is 1. The van der Waals surface area contributed by atoms with Crippen molar-refractivity contribution in [3.8, 4) is 5.75 Å². The molecule has 1 aromatic heterocycles. The lowest BCUT2D eigenvalue weighted by Crippen LogP contribution is -1.90. The van der Waals surface area contributed by atoms with E-state index in [1.54, 1.807) is 18.2 Å². The second-order valence-electron chi connectivity index (χ2n) is 2.96. The van der Waals surface area contributed by atoms with E-state index < -0.39 is 0 Å². The number of hydrogen-bond acceptors (Lipinski definition) is 3. The first-order valence-corrected chi connectivity index (χ1v) is 4.56. The third kappa shape index (κ3) is 2.00. The van der Waals surface area contributed by atoms with Crippen LogP contribution in [-0.4, -0.2) is 20.3 Å². The van der Waals surface area contributed by atoms with Gasteiger partial charge in [-0.05, 0) is 29.9 Å². The summed E-state index contributed by atoms with van der Waals surface area (Å²) in [5.74, 6) is 1.03. The van der Waals surface area contributed by atoms with E-state index >= 15 is 0 Å². The largest absolute Gasteiger partial charge is 0.508 e. The summed E-state index contributed by atoms with van der Waals surface area (Å²) in [6.45, 7) is 0. The minimum absolute atomic E-state index is 0.261. The highest BCUT2D eigenvalue weighted by Crippen LogP contribution is 2.12. The number of hydrogen-bond donors (Lipinski definition) is 3. The van der Waals surface area contributed by atoms with Gasteiger partial charge in [-0.25, -0.2) is 4.98 Å². The summed E-state index contributed by atoms with van der Waals surface area (Å²) < 4.78 is 0.445. The van der Waals surface area contributed by atoms with Crippen LogP contribution in [0.2, 0.25) is 0 Å². The molecule has 0 saturated heterocycles. The van der Waals surface area contributed by atoms with Gasteiger partial charge in [-0.1, -0.05) is 12.1 Å². The topological polar surface area (TPSA) is 64.7 Å². The van der Waals surface area contributed by atoms with Crippen LogP contribution < -0.4 is 0 Å². The van der Waals surface area contributed by atoms with E-state index in [0.29, 0.717) is 11.2 Å². The molecule has 4 nitrogen and oxygen atoms in total. The fourth-order valence-corrected chi connectivity index (χ4v) is 1.41. The van der Waals surface area contributed by atoms with Crippen LogP contribution in [0, 0.1) is 4.77 Å². The van der Waals surface area contributed by atoms with Crippen molar-refractivity contribution in [2.75, 3.05) is 0 Å². The monoisotopic (exact) mass is 207 g/mol. The Morgan fingerprint density at radius 2 is 2.21 bits per heavy atom. The lowest BCUT2D eigenvalue weighted by molar-refractivity contribution is 0.474. The summed E-state index contributed by atoms with van der Waals surface area (Å²) in [6, 6.07) is 7.05. The van der Waals surface area contributed by atoms with Gasteiger partial charge in [-0.15, -0.1) is 0 Å². The standard InChI is InChI=1S/C9H9N3OS/c13-7-3-1-2-6(4-7)5-8-10-9(14)12-11-8/h1-4,13H,5H2,(H2,10,11,12,14). The van der Waals surface area contributed by atoms with Crippen molar-refractivity contribution in [1.82, 2.24) is 15.2 Å². The molecule has 1 aromatic carbocycles. The molecule has 1 heterocycles. The van der Waals surface area contributed by atoms with Crippen molar-refractivity contribution in [3.05, 3.63) is 40.4 Å². The van der Waals surface area contributed by atoms with Gasteiger partial charge in [-0.2, -0.15) is 0 Å². The Bertz CT molecular complexity index is 489. The molecule has 0 unspecified atom stereocenters. The van der Waals surface area contributed by atoms with E-state index in [1.165, 1.54) is 0 Å². The first kappa shape index (κ1) is 8.96. The van der Waals surface area contributed by atoms with E-state index in [1.807, 2.05) is 6.07 Å². The molecular weight excluding hydrogens is 198 g/mol. The molecule has 0 spiro atoms. The lowest BCUT2D eigenvalue weighted by Gasteiger charge is -1.97. The van der Waals surface area contributed by atoms with Crippen molar-refractivity contribution in [3.63, 3.8) is 0 Å². The number of nitrogens with one attached hydrogen (secondary N) is 2. The second kappa shape index (κ2) is 3.63. The molecule has 2 aromatic rings. The van der Waals surface area contributed by atoms with Gasteiger partial charge in [0.2, 0.25) is 4.77 Å². The molecule has 0 aliphatic heterocycles. The van der Waals surface area contributed by atoms with Crippen molar-refractivity contribution in [1.29, 1.82) is 0 Å². The Hall–Kier alpha value is -1.62. The second-order valence-corrected chi connectivity index (χ2v) is 3.35. The van der Waals surface area contributed by atoms with Crippen molar-refractivity contribution in [2.45, 2.75) is 6.42 Å². The summed E-state index contributed by atoms with van der Waals surface area (Å²) in [4.78, 5) is 4.06. The predicted molar refractivity (Wildman–Crippen MR) is 54.7 cm³/mol. The number of rotatable bonds is 2. The van der Waals surface area contributed by atoms with Crippen LogP contribution in [0.25, 0.3) is 0 Å². The molecule has 0 radical (unpaired) electrons. The summed E-state index contributed by atoms with van der Waals surface area (Å²) in [6.07, 6.45) is 0.627. The first-order chi connectivity index (χ1) is 6.74. The summed E-state index contributed by atoms with van der Waals surface area (Å²) in [5, 5.41) is 14.8. The molecule has 2 rings (SSSR count). The Kier molecular flexibility index (Phi) is 2.32. The van der Waals surface area contributed by atoms with Crippen LogP contribution in [0.3, 0.4) is 0 Å². The van der Waals surface area contributed by atoms with Gasteiger partial charge in [0.1, 0.15) is 11.6 Å². The van der Waals surface area contributed by atoms with Crippen LogP contribution in [0.4, 0.5) is 0 Å². The molecule has 0 aliphatic carbocycles. The minimum atomic E-state index is 0.261. The fraction of sp³-hybridized carbons (Fsp3) is 0.111. The molecule has 0 amide bonds. The van der Waals surface area contributed by atoms with Gasteiger partial charge in [0.25, 0.3) is 0 Å².